The van der Waals surface area contributed by atoms with Crippen molar-refractivity contribution in [3.8, 4) is 0 Å². The van der Waals surface area contributed by atoms with E-state index in [1.807, 2.05) is 6.21 Å². The number of hydrogen-bond acceptors (Lipinski definition) is 1. The predicted molar refractivity (Wildman–Crippen MR) is 70.7 cm³/mol. The quantitative estimate of drug-likeness (QED) is 0.330. The van der Waals surface area contributed by atoms with Gasteiger partial charge in [0, 0.05) is 12.8 Å². The summed E-state index contributed by atoms with van der Waals surface area (Å²) in [6.07, 6.45) is 11.1. The second kappa shape index (κ2) is 9.70. The molecule has 0 aromatic carbocycles. The second-order valence-electron chi connectivity index (χ2n) is 4.24. The lowest BCUT2D eigenvalue weighted by atomic mass is 10.1. The summed E-state index contributed by atoms with van der Waals surface area (Å²) in [4.78, 5) is 4.33. The molecule has 0 aliphatic rings. The lowest BCUT2D eigenvalue weighted by Gasteiger charge is -1.96. The Balaban J connectivity index is 3.69. The third kappa shape index (κ3) is 11.1. The van der Waals surface area contributed by atoms with Crippen molar-refractivity contribution in [1.82, 2.24) is 0 Å². The molecule has 0 bridgehead atoms. The van der Waals surface area contributed by atoms with Crippen LogP contribution in [-0.4, -0.2) is 12.8 Å². The van der Waals surface area contributed by atoms with Crippen molar-refractivity contribution in [1.29, 1.82) is 0 Å². The van der Waals surface area contributed by atoms with Crippen LogP contribution in [0.25, 0.3) is 0 Å². The Morgan fingerprint density at radius 1 is 1.20 bits per heavy atom. The van der Waals surface area contributed by atoms with Gasteiger partial charge in [-0.25, -0.2) is 0 Å². The van der Waals surface area contributed by atoms with Crippen LogP contribution in [-0.2, 0) is 0 Å². The van der Waals surface area contributed by atoms with Gasteiger partial charge in [-0.15, -0.1) is 0 Å². The Hall–Kier alpha value is -0.850. The molecule has 0 atom stereocenters. The van der Waals surface area contributed by atoms with E-state index in [0.29, 0.717) is 0 Å². The van der Waals surface area contributed by atoms with E-state index in [2.05, 4.69) is 44.8 Å². The van der Waals surface area contributed by atoms with Crippen molar-refractivity contribution < 1.29 is 0 Å². The van der Waals surface area contributed by atoms with Gasteiger partial charge in [0.2, 0.25) is 0 Å². The highest BCUT2D eigenvalue weighted by Crippen LogP contribution is 2.05. The van der Waals surface area contributed by atoms with Gasteiger partial charge in [-0.3, -0.25) is 4.99 Å². The first-order valence-corrected chi connectivity index (χ1v) is 5.95. The van der Waals surface area contributed by atoms with Crippen molar-refractivity contribution in [3.63, 3.8) is 0 Å². The minimum atomic E-state index is 0.967. The average molecular weight is 207 g/mol. The van der Waals surface area contributed by atoms with Crippen LogP contribution in [0.5, 0.6) is 0 Å². The lowest BCUT2D eigenvalue weighted by Crippen LogP contribution is -1.81. The zero-order valence-corrected chi connectivity index (χ0v) is 10.7. The van der Waals surface area contributed by atoms with Gasteiger partial charge in [0.25, 0.3) is 0 Å². The largest absolute Gasteiger partial charge is 0.293 e. The molecule has 0 rings (SSSR count). The molecule has 0 aliphatic carbocycles. The summed E-state index contributed by atoms with van der Waals surface area (Å²) >= 11 is 0. The number of aliphatic imine (C=N–C) groups is 1. The number of unbranched alkanes of at least 4 members (excludes halogenated alkanes) is 1. The van der Waals surface area contributed by atoms with Gasteiger partial charge < -0.3 is 0 Å². The molecule has 0 spiro atoms. The highest BCUT2D eigenvalue weighted by atomic mass is 14.7. The minimum Gasteiger partial charge on any atom is -0.293 e. The number of rotatable bonds is 7. The highest BCUT2D eigenvalue weighted by Gasteiger charge is 1.86. The third-order valence-electron chi connectivity index (χ3n) is 2.20. The molecule has 0 aromatic rings. The second-order valence-corrected chi connectivity index (χ2v) is 4.24. The molecule has 0 saturated heterocycles. The zero-order valence-electron chi connectivity index (χ0n) is 10.7. The molecule has 15 heavy (non-hydrogen) atoms. The van der Waals surface area contributed by atoms with Gasteiger partial charge in [-0.05, 0) is 46.1 Å². The monoisotopic (exact) mass is 207 g/mol. The molecule has 0 heterocycles. The summed E-state index contributed by atoms with van der Waals surface area (Å²) in [7, 11) is 0. The van der Waals surface area contributed by atoms with Gasteiger partial charge in [0.05, 0.1) is 0 Å². The zero-order chi connectivity index (χ0) is 11.5. The Kier molecular flexibility index (Phi) is 9.15. The van der Waals surface area contributed by atoms with Gasteiger partial charge in [0.15, 0.2) is 0 Å². The Morgan fingerprint density at radius 2 is 1.93 bits per heavy atom. The van der Waals surface area contributed by atoms with Crippen LogP contribution in [0, 0.1) is 0 Å². The standard InChI is InChI=1S/C14H25N/c1-5-6-11-15-12-10-14(4)9-7-8-13(2)3/h8,10,12H,5-7,9,11H2,1-4H3. The Labute approximate surface area is 95.0 Å². The van der Waals surface area contributed by atoms with E-state index in [1.54, 1.807) is 0 Å². The topological polar surface area (TPSA) is 12.4 Å². The molecule has 1 nitrogen and oxygen atoms in total. The van der Waals surface area contributed by atoms with Crippen LogP contribution in [0.2, 0.25) is 0 Å². The number of hydrogen-bond donors (Lipinski definition) is 0. The van der Waals surface area contributed by atoms with E-state index in [0.717, 1.165) is 19.4 Å². The van der Waals surface area contributed by atoms with Crippen LogP contribution in [0.3, 0.4) is 0 Å². The maximum atomic E-state index is 4.33. The molecular weight excluding hydrogens is 182 g/mol. The molecule has 0 aromatic heterocycles. The fourth-order valence-electron chi connectivity index (χ4n) is 1.18. The summed E-state index contributed by atoms with van der Waals surface area (Å²) in [6.45, 7) is 9.62. The first-order chi connectivity index (χ1) is 7.16. The normalized spacial score (nSPS) is 12.1. The summed E-state index contributed by atoms with van der Waals surface area (Å²) in [5, 5.41) is 0. The molecular formula is C14H25N. The molecule has 0 amide bonds. The number of nitrogens with zero attached hydrogens (tertiary/aromatic N) is 1. The molecule has 0 saturated carbocycles. The van der Waals surface area contributed by atoms with Crippen LogP contribution in [0.4, 0.5) is 0 Å². The van der Waals surface area contributed by atoms with Crippen molar-refractivity contribution >= 4 is 6.21 Å². The maximum absolute atomic E-state index is 4.33. The van der Waals surface area contributed by atoms with Crippen molar-refractivity contribution in [2.24, 2.45) is 4.99 Å². The number of allylic oxidation sites excluding steroid dienone is 4. The lowest BCUT2D eigenvalue weighted by molar-refractivity contribution is 0.810. The Bertz CT molecular complexity index is 230. The highest BCUT2D eigenvalue weighted by molar-refractivity contribution is 5.71. The third-order valence-corrected chi connectivity index (χ3v) is 2.20. The first-order valence-electron chi connectivity index (χ1n) is 5.95. The van der Waals surface area contributed by atoms with Gasteiger partial charge in [0.1, 0.15) is 0 Å². The molecule has 0 radical (unpaired) electrons. The van der Waals surface area contributed by atoms with Gasteiger partial charge in [-0.1, -0.05) is 30.6 Å². The van der Waals surface area contributed by atoms with Crippen LogP contribution in [0.1, 0.15) is 53.4 Å². The molecule has 86 valence electrons. The molecule has 0 aliphatic heterocycles. The summed E-state index contributed by atoms with van der Waals surface area (Å²) in [6, 6.07) is 0. The average Bonchev–Trinajstić information content (AvgIpc) is 2.17. The van der Waals surface area contributed by atoms with E-state index >= 15 is 0 Å². The van der Waals surface area contributed by atoms with E-state index < -0.39 is 0 Å². The van der Waals surface area contributed by atoms with Gasteiger partial charge >= 0.3 is 0 Å². The van der Waals surface area contributed by atoms with Crippen LogP contribution >= 0.6 is 0 Å². The SMILES string of the molecule is CCCCN=CC=C(C)CCC=C(C)C. The maximum Gasteiger partial charge on any atom is 0.0389 e. The fourth-order valence-corrected chi connectivity index (χ4v) is 1.18. The van der Waals surface area contributed by atoms with E-state index in [9.17, 15) is 0 Å². The molecule has 1 heteroatoms. The van der Waals surface area contributed by atoms with Crippen molar-refractivity contribution in [2.45, 2.75) is 53.4 Å². The van der Waals surface area contributed by atoms with E-state index in [4.69, 9.17) is 0 Å². The predicted octanol–water partition coefficient (Wildman–Crippen LogP) is 4.55. The smallest absolute Gasteiger partial charge is 0.0389 e. The summed E-state index contributed by atoms with van der Waals surface area (Å²) < 4.78 is 0. The summed E-state index contributed by atoms with van der Waals surface area (Å²) in [5.41, 5.74) is 2.81. The first kappa shape index (κ1) is 14.2. The van der Waals surface area contributed by atoms with E-state index in [1.165, 1.54) is 24.0 Å². The van der Waals surface area contributed by atoms with Crippen molar-refractivity contribution in [2.75, 3.05) is 6.54 Å². The summed E-state index contributed by atoms with van der Waals surface area (Å²) in [5.74, 6) is 0. The van der Waals surface area contributed by atoms with Crippen molar-refractivity contribution in [3.05, 3.63) is 23.3 Å². The van der Waals surface area contributed by atoms with E-state index in [-0.39, 0.29) is 0 Å². The Morgan fingerprint density at radius 3 is 2.53 bits per heavy atom. The molecule has 0 N–H and O–H groups in total. The van der Waals surface area contributed by atoms with Crippen LogP contribution in [0.15, 0.2) is 28.3 Å². The fraction of sp³-hybridized carbons (Fsp3) is 0.643. The van der Waals surface area contributed by atoms with Gasteiger partial charge in [-0.2, -0.15) is 0 Å². The van der Waals surface area contributed by atoms with Crippen LogP contribution < -0.4 is 0 Å². The molecule has 0 unspecified atom stereocenters. The minimum absolute atomic E-state index is 0.967. The molecule has 0 fully saturated rings.